The molecular weight excluding hydrogens is 441 g/mol. The van der Waals surface area contributed by atoms with Crippen LogP contribution in [0.4, 0.5) is 23.7 Å². The van der Waals surface area contributed by atoms with Crippen LogP contribution in [0, 0.1) is 20.8 Å². The number of hydrogen-bond acceptors (Lipinski definition) is 3. The molecule has 0 spiro atoms. The Kier molecular flexibility index (Phi) is 6.06. The van der Waals surface area contributed by atoms with Crippen molar-refractivity contribution in [3.8, 4) is 11.1 Å². The van der Waals surface area contributed by atoms with Crippen molar-refractivity contribution in [3.05, 3.63) is 88.0 Å². The van der Waals surface area contributed by atoms with Gasteiger partial charge in [0.2, 0.25) is 0 Å². The molecular formula is C27H27F3N2O2. The number of ether oxygens (including phenoxy) is 1. The number of hydrogen-bond donors (Lipinski definition) is 1. The number of rotatable bonds is 4. The van der Waals surface area contributed by atoms with E-state index in [1.54, 1.807) is 24.8 Å². The van der Waals surface area contributed by atoms with Crippen LogP contribution in [0.2, 0.25) is 0 Å². The molecule has 0 unspecified atom stereocenters. The van der Waals surface area contributed by atoms with E-state index in [9.17, 15) is 18.0 Å². The summed E-state index contributed by atoms with van der Waals surface area (Å²) in [5.41, 5.74) is 11.6. The summed E-state index contributed by atoms with van der Waals surface area (Å²) in [7, 11) is 0. The Labute approximate surface area is 197 Å². The van der Waals surface area contributed by atoms with E-state index in [0.717, 1.165) is 39.9 Å². The number of aryl methyl sites for hydroxylation is 3. The van der Waals surface area contributed by atoms with Crippen LogP contribution in [-0.4, -0.2) is 17.0 Å². The monoisotopic (exact) mass is 468 g/mol. The van der Waals surface area contributed by atoms with Crippen LogP contribution in [0.1, 0.15) is 46.4 Å². The van der Waals surface area contributed by atoms with Crippen LogP contribution < -0.4 is 5.73 Å². The van der Waals surface area contributed by atoms with Crippen molar-refractivity contribution in [2.75, 3.05) is 5.73 Å². The molecule has 1 heterocycles. The number of nitrogen functional groups attached to an aromatic ring is 1. The van der Waals surface area contributed by atoms with Gasteiger partial charge in [-0.3, -0.25) is 4.90 Å². The molecule has 0 radical (unpaired) electrons. The summed E-state index contributed by atoms with van der Waals surface area (Å²) in [4.78, 5) is 14.4. The maximum absolute atomic E-state index is 13.4. The molecule has 0 bridgehead atoms. The molecule has 2 N–H and O–H groups in total. The smallest absolute Gasteiger partial charge is 0.416 e. The summed E-state index contributed by atoms with van der Waals surface area (Å²) in [5, 5.41) is 0. The average molecular weight is 469 g/mol. The molecule has 0 saturated carbocycles. The number of cyclic esters (lactones) is 1. The minimum Gasteiger partial charge on any atom is -0.439 e. The topological polar surface area (TPSA) is 55.6 Å². The number of anilines is 1. The first-order valence-corrected chi connectivity index (χ1v) is 11.1. The second-order valence-corrected chi connectivity index (χ2v) is 9.04. The van der Waals surface area contributed by atoms with Gasteiger partial charge in [0.25, 0.3) is 0 Å². The highest BCUT2D eigenvalue weighted by atomic mass is 19.4. The van der Waals surface area contributed by atoms with Gasteiger partial charge in [0, 0.05) is 5.69 Å². The molecule has 0 aliphatic carbocycles. The maximum atomic E-state index is 13.4. The lowest BCUT2D eigenvalue weighted by atomic mass is 9.93. The van der Waals surface area contributed by atoms with E-state index >= 15 is 0 Å². The summed E-state index contributed by atoms with van der Waals surface area (Å²) in [6.07, 6.45) is -5.82. The number of halogens is 3. The van der Waals surface area contributed by atoms with Gasteiger partial charge in [-0.15, -0.1) is 0 Å². The molecule has 1 aliphatic heterocycles. The van der Waals surface area contributed by atoms with Crippen LogP contribution in [0.15, 0.2) is 54.6 Å². The fourth-order valence-electron chi connectivity index (χ4n) is 4.53. The summed E-state index contributed by atoms with van der Waals surface area (Å²) >= 11 is 0. The van der Waals surface area contributed by atoms with E-state index in [-0.39, 0.29) is 6.54 Å². The van der Waals surface area contributed by atoms with Crippen molar-refractivity contribution < 1.29 is 22.7 Å². The highest BCUT2D eigenvalue weighted by Crippen LogP contribution is 2.39. The summed E-state index contributed by atoms with van der Waals surface area (Å²) in [6.45, 7) is 7.63. The lowest BCUT2D eigenvalue weighted by Crippen LogP contribution is -2.31. The van der Waals surface area contributed by atoms with Crippen molar-refractivity contribution in [2.45, 2.75) is 52.6 Å². The van der Waals surface area contributed by atoms with Gasteiger partial charge in [-0.25, -0.2) is 4.79 Å². The van der Waals surface area contributed by atoms with Crippen molar-refractivity contribution in [1.29, 1.82) is 0 Å². The molecule has 3 aromatic rings. The zero-order valence-electron chi connectivity index (χ0n) is 19.5. The van der Waals surface area contributed by atoms with Crippen molar-refractivity contribution in [2.24, 2.45) is 0 Å². The molecule has 178 valence electrons. The van der Waals surface area contributed by atoms with Gasteiger partial charge in [0.05, 0.1) is 18.2 Å². The largest absolute Gasteiger partial charge is 0.439 e. The van der Waals surface area contributed by atoms with E-state index < -0.39 is 30.0 Å². The molecule has 34 heavy (non-hydrogen) atoms. The van der Waals surface area contributed by atoms with Gasteiger partial charge in [-0.1, -0.05) is 41.5 Å². The van der Waals surface area contributed by atoms with Crippen molar-refractivity contribution in [3.63, 3.8) is 0 Å². The number of carbonyl (C=O) groups is 1. The lowest BCUT2D eigenvalue weighted by Gasteiger charge is -2.23. The fraction of sp³-hybridized carbons (Fsp3) is 0.296. The molecule has 1 aliphatic rings. The number of carbonyl (C=O) groups excluding carboxylic acids is 1. The van der Waals surface area contributed by atoms with Gasteiger partial charge in [-0.05, 0) is 79.8 Å². The Morgan fingerprint density at radius 1 is 0.941 bits per heavy atom. The molecule has 0 aromatic heterocycles. The number of nitrogens with two attached hydrogens (primary N) is 1. The third-order valence-electron chi connectivity index (χ3n) is 6.30. The van der Waals surface area contributed by atoms with Crippen LogP contribution >= 0.6 is 0 Å². The number of nitrogens with zero attached hydrogens (tertiary/aromatic N) is 1. The van der Waals surface area contributed by atoms with Crippen LogP contribution in [-0.2, 0) is 17.5 Å². The zero-order valence-corrected chi connectivity index (χ0v) is 19.5. The molecule has 1 amide bonds. The standard InChI is InChI=1S/C27H27F3N2O2/c1-15-5-8-23(24-13-22(31)7-6-17(24)3)20(9-15)14-32-18(4)25(34-26(32)33)19-10-16(2)11-21(12-19)27(28,29)30/h5-13,18,25H,14,31H2,1-4H3/t18-,25-/m0/s1. The fourth-order valence-corrected chi connectivity index (χ4v) is 4.53. The van der Waals surface area contributed by atoms with Gasteiger partial charge in [0.15, 0.2) is 0 Å². The SMILES string of the molecule is Cc1cc([C@H]2OC(=O)N(Cc3cc(C)ccc3-c3cc(N)ccc3C)[C@H]2C)cc(C(F)(F)F)c1. The highest BCUT2D eigenvalue weighted by molar-refractivity contribution is 5.76. The molecule has 4 nitrogen and oxygen atoms in total. The van der Waals surface area contributed by atoms with E-state index in [1.807, 2.05) is 50.2 Å². The van der Waals surface area contributed by atoms with Crippen LogP contribution in [0.25, 0.3) is 11.1 Å². The molecule has 3 aromatic carbocycles. The number of benzene rings is 3. The van der Waals surface area contributed by atoms with E-state index in [2.05, 4.69) is 0 Å². The van der Waals surface area contributed by atoms with Crippen LogP contribution in [0.3, 0.4) is 0 Å². The molecule has 1 saturated heterocycles. The second kappa shape index (κ2) is 8.70. The highest BCUT2D eigenvalue weighted by Gasteiger charge is 2.41. The van der Waals surface area contributed by atoms with Crippen molar-refractivity contribution >= 4 is 11.8 Å². The normalized spacial score (nSPS) is 18.3. The third-order valence-corrected chi connectivity index (χ3v) is 6.30. The molecule has 2 atom stereocenters. The predicted octanol–water partition coefficient (Wildman–Crippen LogP) is 6.96. The summed E-state index contributed by atoms with van der Waals surface area (Å²) in [5.74, 6) is 0. The Bertz CT molecular complexity index is 1250. The first-order valence-electron chi connectivity index (χ1n) is 11.1. The second-order valence-electron chi connectivity index (χ2n) is 9.04. The first kappa shape index (κ1) is 23.7. The van der Waals surface area contributed by atoms with E-state index in [1.165, 1.54) is 0 Å². The predicted molar refractivity (Wildman–Crippen MR) is 126 cm³/mol. The third kappa shape index (κ3) is 4.60. The Morgan fingerprint density at radius 3 is 2.38 bits per heavy atom. The van der Waals surface area contributed by atoms with E-state index in [4.69, 9.17) is 10.5 Å². The quantitative estimate of drug-likeness (QED) is 0.421. The molecule has 1 fully saturated rings. The van der Waals surface area contributed by atoms with Gasteiger partial charge < -0.3 is 10.5 Å². The average Bonchev–Trinajstić information content (AvgIpc) is 3.03. The minimum absolute atomic E-state index is 0.264. The molecule has 7 heteroatoms. The van der Waals surface area contributed by atoms with Gasteiger partial charge in [-0.2, -0.15) is 13.2 Å². The summed E-state index contributed by atoms with van der Waals surface area (Å²) in [6, 6.07) is 15.1. The number of alkyl halides is 3. The van der Waals surface area contributed by atoms with Gasteiger partial charge in [0.1, 0.15) is 6.10 Å². The first-order chi connectivity index (χ1) is 15.9. The number of amides is 1. The zero-order chi connectivity index (χ0) is 24.8. The lowest BCUT2D eigenvalue weighted by molar-refractivity contribution is -0.137. The van der Waals surface area contributed by atoms with E-state index in [0.29, 0.717) is 16.8 Å². The minimum atomic E-state index is -4.47. The maximum Gasteiger partial charge on any atom is 0.416 e. The Balaban J connectivity index is 1.68. The summed E-state index contributed by atoms with van der Waals surface area (Å²) < 4.78 is 45.6. The Hall–Kier alpha value is -3.48. The molecule has 4 rings (SSSR count). The van der Waals surface area contributed by atoms with Gasteiger partial charge >= 0.3 is 12.3 Å². The Morgan fingerprint density at radius 2 is 1.68 bits per heavy atom. The van der Waals surface area contributed by atoms with Crippen molar-refractivity contribution in [1.82, 2.24) is 4.90 Å². The van der Waals surface area contributed by atoms with Crippen LogP contribution in [0.5, 0.6) is 0 Å².